The Morgan fingerprint density at radius 2 is 0.818 bits per heavy atom. The quantitative estimate of drug-likeness (QED) is 0.432. The van der Waals surface area contributed by atoms with Crippen LogP contribution in [0.3, 0.4) is 0 Å². The minimum Gasteiger partial charge on any atom is -1.00 e. The van der Waals surface area contributed by atoms with E-state index in [2.05, 4.69) is 0 Å². The molecule has 0 bridgehead atoms. The van der Waals surface area contributed by atoms with Crippen LogP contribution >= 0.6 is 0 Å². The predicted molar refractivity (Wildman–Crippen MR) is 71.8 cm³/mol. The van der Waals surface area contributed by atoms with Gasteiger partial charge in [0.05, 0.1) is 11.8 Å². The van der Waals surface area contributed by atoms with E-state index in [9.17, 15) is 9.59 Å². The molecule has 0 unspecified atom stereocenters. The van der Waals surface area contributed by atoms with E-state index >= 15 is 0 Å². The number of carbonyl (C=O) groups excluding carboxylic acids is 2. The third-order valence-electron chi connectivity index (χ3n) is 3.95. The van der Waals surface area contributed by atoms with Crippen molar-refractivity contribution in [3.05, 3.63) is 11.5 Å². The smallest absolute Gasteiger partial charge is 1.00 e. The zero-order chi connectivity index (χ0) is 13.4. The van der Waals surface area contributed by atoms with Gasteiger partial charge in [0.1, 0.15) is 0 Å². The molecule has 2 amide bonds. The molecule has 129 valence electrons. The molecule has 4 nitrogen and oxygen atoms in total. The van der Waals surface area contributed by atoms with E-state index in [1.165, 1.54) is 12.8 Å². The van der Waals surface area contributed by atoms with Crippen molar-refractivity contribution in [2.24, 2.45) is 11.8 Å². The van der Waals surface area contributed by atoms with Gasteiger partial charge in [-0.25, -0.2) is 0 Å². The summed E-state index contributed by atoms with van der Waals surface area (Å²) in [5.74, 6) is -0.540. The monoisotopic (exact) mass is 405 g/mol. The first kappa shape index (κ1) is 30.4. The molecule has 0 aromatic rings. The number of hydrogen-bond donors (Lipinski definition) is 0. The number of halogens is 3. The first-order valence-electron chi connectivity index (χ1n) is 7.12. The van der Waals surface area contributed by atoms with Crippen LogP contribution in [0.5, 0.6) is 0 Å². The van der Waals surface area contributed by atoms with Gasteiger partial charge in [-0.05, 0) is 25.7 Å². The van der Waals surface area contributed by atoms with Gasteiger partial charge in [0.2, 0.25) is 0 Å². The van der Waals surface area contributed by atoms with E-state index in [-0.39, 0.29) is 82.6 Å². The summed E-state index contributed by atoms with van der Waals surface area (Å²) in [5, 5.41) is 0. The van der Waals surface area contributed by atoms with Gasteiger partial charge in [-0.15, -0.1) is 0 Å². The van der Waals surface area contributed by atoms with Crippen LogP contribution < -0.4 is 37.2 Å². The maximum atomic E-state index is 10.5. The van der Waals surface area contributed by atoms with E-state index in [0.29, 0.717) is 0 Å². The predicted octanol–water partition coefficient (Wildman–Crippen LogP) is -4.70. The zero-order valence-corrected chi connectivity index (χ0v) is 16.5. The fraction of sp³-hybridized carbons (Fsp3) is 0.857. The summed E-state index contributed by atoms with van der Waals surface area (Å²) in [6.45, 7) is 0. The van der Waals surface area contributed by atoms with Gasteiger partial charge in [-0.1, -0.05) is 38.5 Å². The second-order valence-electron chi connectivity index (χ2n) is 5.40. The van der Waals surface area contributed by atoms with Gasteiger partial charge in [0.15, 0.2) is 0 Å². The molecule has 2 aliphatic carbocycles. The molecule has 2 aliphatic rings. The van der Waals surface area contributed by atoms with Crippen molar-refractivity contribution in [3.63, 3.8) is 0 Å². The number of amides is 2. The first-order valence-corrected chi connectivity index (χ1v) is 7.12. The van der Waals surface area contributed by atoms with Crippen molar-refractivity contribution in [2.75, 3.05) is 0 Å². The van der Waals surface area contributed by atoms with Crippen molar-refractivity contribution in [1.82, 2.24) is 0 Å². The molecule has 0 spiro atoms. The normalized spacial score (nSPS) is 17.8. The Bertz CT molecular complexity index is 257. The summed E-state index contributed by atoms with van der Waals surface area (Å²) >= 11 is 0. The fourth-order valence-corrected chi connectivity index (χ4v) is 2.73. The van der Waals surface area contributed by atoms with E-state index < -0.39 is 0 Å². The van der Waals surface area contributed by atoms with Crippen molar-refractivity contribution in [1.29, 1.82) is 0 Å². The molecule has 22 heavy (non-hydrogen) atoms. The third-order valence-corrected chi connectivity index (χ3v) is 3.95. The Balaban J connectivity index is -0.000000125. The molecule has 0 aromatic carbocycles. The van der Waals surface area contributed by atoms with Crippen LogP contribution in [0, 0.1) is 11.8 Å². The molecule has 1 radical (unpaired) electrons. The summed E-state index contributed by atoms with van der Waals surface area (Å²) in [7, 11) is 0. The summed E-state index contributed by atoms with van der Waals surface area (Å²) < 4.78 is 0. The maximum Gasteiger partial charge on any atom is 3.00 e. The summed E-state index contributed by atoms with van der Waals surface area (Å²) in [6.07, 6.45) is 10.9. The summed E-state index contributed by atoms with van der Waals surface area (Å²) in [4.78, 5) is 20.9. The Morgan fingerprint density at radius 3 is 0.955 bits per heavy atom. The van der Waals surface area contributed by atoms with Crippen molar-refractivity contribution in [2.45, 2.75) is 64.2 Å². The maximum absolute atomic E-state index is 10.5. The van der Waals surface area contributed by atoms with Crippen molar-refractivity contribution < 1.29 is 68.5 Å². The molecule has 2 saturated carbocycles. The fourth-order valence-electron chi connectivity index (χ4n) is 2.73. The van der Waals surface area contributed by atoms with Gasteiger partial charge in [0, 0.05) is 11.8 Å². The minimum atomic E-state index is -0.352. The molecule has 8 heteroatoms. The van der Waals surface area contributed by atoms with Crippen LogP contribution in [-0.2, 0) is 31.3 Å². The number of hydrogen-bond acceptors (Lipinski definition) is 2. The Labute approximate surface area is 167 Å². The second-order valence-corrected chi connectivity index (χ2v) is 5.40. The SMILES string of the molecule is [Cl-].[Cl-].[Cl-].[NH-]C(=O)C1CCCCC1.[NH-]C(=O)C1CCCCC1.[Ti+3]. The molecule has 0 atom stereocenters. The van der Waals surface area contributed by atoms with Gasteiger partial charge in [-0.2, -0.15) is 0 Å². The van der Waals surface area contributed by atoms with Crippen molar-refractivity contribution in [3.8, 4) is 0 Å². The third kappa shape index (κ3) is 13.0. The molecular formula is C14H24Cl3N2O2Ti-2. The van der Waals surface area contributed by atoms with Crippen LogP contribution in [0.25, 0.3) is 11.5 Å². The number of carbonyl (C=O) groups is 2. The van der Waals surface area contributed by atoms with Crippen molar-refractivity contribution >= 4 is 11.8 Å². The van der Waals surface area contributed by atoms with E-state index in [1.54, 1.807) is 0 Å². The minimum absolute atomic E-state index is 0. The number of rotatable bonds is 2. The molecule has 0 aromatic heterocycles. The first-order chi connectivity index (χ1) is 8.61. The zero-order valence-electron chi connectivity index (χ0n) is 12.7. The van der Waals surface area contributed by atoms with E-state index in [1.807, 2.05) is 0 Å². The van der Waals surface area contributed by atoms with Gasteiger partial charge < -0.3 is 58.3 Å². The average molecular weight is 407 g/mol. The van der Waals surface area contributed by atoms with Crippen LogP contribution in [-0.4, -0.2) is 11.8 Å². The molecular weight excluding hydrogens is 382 g/mol. The number of nitrogens with one attached hydrogen (secondary N) is 2. The Morgan fingerprint density at radius 1 is 0.591 bits per heavy atom. The van der Waals surface area contributed by atoms with E-state index in [0.717, 1.165) is 51.4 Å². The van der Waals surface area contributed by atoms with Crippen LogP contribution in [0.4, 0.5) is 0 Å². The summed E-state index contributed by atoms with van der Waals surface area (Å²) in [5.41, 5.74) is 13.7. The average Bonchev–Trinajstić information content (AvgIpc) is 2.41. The van der Waals surface area contributed by atoms with Crippen LogP contribution in [0.1, 0.15) is 64.2 Å². The van der Waals surface area contributed by atoms with Gasteiger partial charge >= 0.3 is 21.7 Å². The molecule has 0 heterocycles. The second kappa shape index (κ2) is 17.9. The van der Waals surface area contributed by atoms with Gasteiger partial charge in [0.25, 0.3) is 0 Å². The topological polar surface area (TPSA) is 81.7 Å². The summed E-state index contributed by atoms with van der Waals surface area (Å²) in [6, 6.07) is 0. The van der Waals surface area contributed by atoms with Crippen LogP contribution in [0.15, 0.2) is 0 Å². The largest absolute Gasteiger partial charge is 3.00 e. The molecule has 0 saturated heterocycles. The molecule has 2 rings (SSSR count). The van der Waals surface area contributed by atoms with Gasteiger partial charge in [-0.3, -0.25) is 0 Å². The standard InChI is InChI=1S/2C7H13NO.3ClH.Ti/c2*8-7(9)6-4-2-1-3-5-6;;;;/h2*6H,1-5H2,(H2,8,9);3*1H;/q;;;;;+3/p-5. The molecule has 0 aliphatic heterocycles. The molecule has 2 fully saturated rings. The Hall–Kier alpha value is 0.524. The van der Waals surface area contributed by atoms with E-state index in [4.69, 9.17) is 11.5 Å². The Kier molecular flexibility index (Phi) is 24.7. The molecule has 2 N–H and O–H groups in total. The van der Waals surface area contributed by atoms with Crippen LogP contribution in [0.2, 0.25) is 0 Å².